The Kier molecular flexibility index (Phi) is 27.1. The molecule has 2 heteroatoms. The number of rotatable bonds is 23. The zero-order chi connectivity index (χ0) is 21.6. The fraction of sp³-hybridized carbons (Fsp3) is 1.00. The minimum atomic E-state index is 0. The Labute approximate surface area is 205 Å². The Morgan fingerprint density at radius 1 is 0.500 bits per heavy atom. The smallest absolute Gasteiger partial charge is 0.0127 e. The van der Waals surface area contributed by atoms with Crippen molar-refractivity contribution in [2.45, 2.75) is 174 Å². The molecule has 0 aromatic heterocycles. The summed E-state index contributed by atoms with van der Waals surface area (Å²) in [5.41, 5.74) is 0. The minimum absolute atomic E-state index is 0. The zero-order valence-electron chi connectivity index (χ0n) is 21.6. The van der Waals surface area contributed by atoms with Gasteiger partial charge in [0.05, 0.1) is 0 Å². The molecule has 0 saturated heterocycles. The molecule has 0 aliphatic heterocycles. The van der Waals surface area contributed by atoms with Crippen LogP contribution >= 0.6 is 26.2 Å². The highest BCUT2D eigenvalue weighted by Crippen LogP contribution is 2.39. The second kappa shape index (κ2) is 24.6. The van der Waals surface area contributed by atoms with Gasteiger partial charge in [0.1, 0.15) is 0 Å². The van der Waals surface area contributed by atoms with Gasteiger partial charge in [0.15, 0.2) is 0 Å². The Hall–Kier alpha value is 0.910. The van der Waals surface area contributed by atoms with Gasteiger partial charge in [0.2, 0.25) is 0 Å². The molecule has 184 valence electrons. The maximum absolute atomic E-state index is 3.21. The van der Waals surface area contributed by atoms with Gasteiger partial charge in [-0.15, -0.1) is 26.2 Å². The molecule has 0 amide bonds. The van der Waals surface area contributed by atoms with Crippen molar-refractivity contribution in [3.05, 3.63) is 0 Å². The van der Waals surface area contributed by atoms with Gasteiger partial charge in [0.25, 0.3) is 0 Å². The van der Waals surface area contributed by atoms with Crippen LogP contribution in [-0.4, -0.2) is 5.16 Å². The Morgan fingerprint density at radius 3 is 1.07 bits per heavy atom. The average molecular weight is 508 g/mol. The van der Waals surface area contributed by atoms with Crippen LogP contribution in [0.15, 0.2) is 0 Å². The van der Waals surface area contributed by atoms with Crippen molar-refractivity contribution in [1.29, 1.82) is 0 Å². The van der Waals surface area contributed by atoms with Crippen LogP contribution < -0.4 is 0 Å². The predicted octanol–water partition coefficient (Wildman–Crippen LogP) is 11.5. The van der Waals surface area contributed by atoms with Crippen LogP contribution in [0.25, 0.3) is 0 Å². The van der Waals surface area contributed by atoms with E-state index in [4.69, 9.17) is 0 Å². The molecule has 2 atom stereocenters. The summed E-state index contributed by atoms with van der Waals surface area (Å²) in [6.45, 7) is 9.44. The quantitative estimate of drug-likeness (QED) is 0.0953. The van der Waals surface area contributed by atoms with E-state index < -0.39 is 0 Å². The molecule has 0 bridgehead atoms. The van der Waals surface area contributed by atoms with E-state index in [-0.39, 0.29) is 17.0 Å². The van der Waals surface area contributed by atoms with E-state index in [2.05, 4.69) is 36.9 Å². The van der Waals surface area contributed by atoms with E-state index in [1.807, 2.05) is 0 Å². The summed E-state index contributed by atoms with van der Waals surface area (Å²) in [6.07, 6.45) is 31.9. The number of unbranched alkanes of at least 4 members (excludes halogenated alkanes) is 17. The first kappa shape index (κ1) is 33.1. The van der Waals surface area contributed by atoms with Crippen LogP contribution in [0.2, 0.25) is 0 Å². The molecule has 0 saturated carbocycles. The van der Waals surface area contributed by atoms with Gasteiger partial charge in [0, 0.05) is 0 Å². The lowest BCUT2D eigenvalue weighted by Crippen LogP contribution is -2.29. The molecular weight excluding hydrogens is 447 g/mol. The van der Waals surface area contributed by atoms with Crippen LogP contribution in [0.5, 0.6) is 0 Å². The Morgan fingerprint density at radius 2 is 0.800 bits per heavy atom. The summed E-state index contributed by atoms with van der Waals surface area (Å²) < 4.78 is 0. The molecule has 0 rings (SSSR count). The largest absolute Gasteiger partial charge is 0.131 e. The molecule has 0 fully saturated rings. The van der Waals surface area contributed by atoms with Gasteiger partial charge < -0.3 is 0 Å². The average Bonchev–Trinajstić information content (AvgIpc) is 2.75. The fourth-order valence-corrected chi connectivity index (χ4v) is 5.42. The van der Waals surface area contributed by atoms with E-state index in [0.29, 0.717) is 5.16 Å². The predicted molar refractivity (Wildman–Crippen MR) is 151 cm³/mol. The molecule has 0 radical (unpaired) electrons. The highest BCUT2D eigenvalue weighted by molar-refractivity contribution is 8.93. The van der Waals surface area contributed by atoms with Gasteiger partial charge in [-0.1, -0.05) is 150 Å². The summed E-state index contributed by atoms with van der Waals surface area (Å²) in [5, 5.41) is 0.503. The minimum Gasteiger partial charge on any atom is -0.131 e. The summed E-state index contributed by atoms with van der Waals surface area (Å²) in [4.78, 5) is 0. The fourth-order valence-electron chi connectivity index (χ4n) is 5.02. The van der Waals surface area contributed by atoms with Gasteiger partial charge in [-0.3, -0.25) is 0 Å². The summed E-state index contributed by atoms with van der Waals surface area (Å²) >= 11 is 0. The SMILES string of the molecule is Br.CCCCCCCCCCCCCCCCCCCCC(CC)C(P)(CC)CC. The lowest BCUT2D eigenvalue weighted by Gasteiger charge is -2.36. The summed E-state index contributed by atoms with van der Waals surface area (Å²) in [6, 6.07) is 0. The molecule has 0 aromatic carbocycles. The lowest BCUT2D eigenvalue weighted by molar-refractivity contribution is 0.313. The molecule has 0 spiro atoms. The van der Waals surface area contributed by atoms with Crippen molar-refractivity contribution >= 4 is 26.2 Å². The molecule has 0 heterocycles. The molecule has 30 heavy (non-hydrogen) atoms. The molecule has 0 nitrogen and oxygen atoms in total. The second-order valence-electron chi connectivity index (χ2n) is 9.84. The topological polar surface area (TPSA) is 0 Å². The third-order valence-electron chi connectivity index (χ3n) is 7.53. The first-order chi connectivity index (χ1) is 14.1. The van der Waals surface area contributed by atoms with Crippen molar-refractivity contribution in [3.63, 3.8) is 0 Å². The van der Waals surface area contributed by atoms with Crippen molar-refractivity contribution < 1.29 is 0 Å². The molecular formula is C28H60BrP. The van der Waals surface area contributed by atoms with E-state index in [9.17, 15) is 0 Å². The van der Waals surface area contributed by atoms with E-state index in [1.54, 1.807) is 0 Å². The van der Waals surface area contributed by atoms with Gasteiger partial charge >= 0.3 is 0 Å². The van der Waals surface area contributed by atoms with Crippen LogP contribution in [0.4, 0.5) is 0 Å². The van der Waals surface area contributed by atoms with Crippen molar-refractivity contribution in [3.8, 4) is 0 Å². The maximum Gasteiger partial charge on any atom is -0.0127 e. The van der Waals surface area contributed by atoms with Crippen LogP contribution in [0.3, 0.4) is 0 Å². The van der Waals surface area contributed by atoms with Crippen LogP contribution in [0, 0.1) is 5.92 Å². The highest BCUT2D eigenvalue weighted by Gasteiger charge is 2.28. The Balaban J connectivity index is 0. The zero-order valence-corrected chi connectivity index (χ0v) is 24.5. The standard InChI is InChI=1S/C28H59P.BrH/c1-5-9-10-11-12-13-14-15-16-17-18-19-20-21-22-23-24-25-26-27(6-2)28(29,7-3)8-4;/h27H,5-26,29H2,1-4H3;1H. The van der Waals surface area contributed by atoms with E-state index in [1.165, 1.54) is 141 Å². The third kappa shape index (κ3) is 18.5. The first-order valence-corrected chi connectivity index (χ1v) is 14.5. The molecule has 0 aromatic rings. The second-order valence-corrected chi connectivity index (χ2v) is 11.0. The Bertz CT molecular complexity index is 314. The molecule has 2 unspecified atom stereocenters. The lowest BCUT2D eigenvalue weighted by atomic mass is 9.81. The summed E-state index contributed by atoms with van der Waals surface area (Å²) in [7, 11) is 3.21. The van der Waals surface area contributed by atoms with Gasteiger partial charge in [-0.25, -0.2) is 0 Å². The van der Waals surface area contributed by atoms with Crippen molar-refractivity contribution in [2.24, 2.45) is 5.92 Å². The normalized spacial score (nSPS) is 12.7. The van der Waals surface area contributed by atoms with Crippen molar-refractivity contribution in [1.82, 2.24) is 0 Å². The van der Waals surface area contributed by atoms with Crippen LogP contribution in [0.1, 0.15) is 169 Å². The van der Waals surface area contributed by atoms with Gasteiger partial charge in [-0.05, 0) is 30.3 Å². The maximum atomic E-state index is 3.21. The molecule has 0 aliphatic rings. The highest BCUT2D eigenvalue weighted by atomic mass is 79.9. The van der Waals surface area contributed by atoms with Crippen molar-refractivity contribution in [2.75, 3.05) is 0 Å². The molecule has 0 N–H and O–H groups in total. The number of halogens is 1. The third-order valence-corrected chi connectivity index (χ3v) is 8.82. The van der Waals surface area contributed by atoms with Gasteiger partial charge in [-0.2, -0.15) is 0 Å². The number of hydrogen-bond acceptors (Lipinski definition) is 0. The first-order valence-electron chi connectivity index (χ1n) is 13.9. The molecule has 0 aliphatic carbocycles. The van der Waals surface area contributed by atoms with E-state index >= 15 is 0 Å². The van der Waals surface area contributed by atoms with Crippen LogP contribution in [-0.2, 0) is 0 Å². The van der Waals surface area contributed by atoms with E-state index in [0.717, 1.165) is 5.92 Å². The number of hydrogen-bond donors (Lipinski definition) is 0. The monoisotopic (exact) mass is 506 g/mol. The summed E-state index contributed by atoms with van der Waals surface area (Å²) in [5.74, 6) is 0.906.